The van der Waals surface area contributed by atoms with E-state index in [1.807, 2.05) is 36.1 Å². The quantitative estimate of drug-likeness (QED) is 0.806. The van der Waals surface area contributed by atoms with Gasteiger partial charge in [0.1, 0.15) is 6.04 Å². The van der Waals surface area contributed by atoms with Crippen molar-refractivity contribution in [3.05, 3.63) is 29.8 Å². The number of nitrogens with zero attached hydrogens (tertiary/aromatic N) is 1. The number of nitrogens with one attached hydrogen (secondary N) is 2. The van der Waals surface area contributed by atoms with E-state index in [1.54, 1.807) is 0 Å². The van der Waals surface area contributed by atoms with Gasteiger partial charge in [0.25, 0.3) is 0 Å². The summed E-state index contributed by atoms with van der Waals surface area (Å²) in [5.74, 6) is -0.493. The number of hydrogen-bond donors (Lipinski definition) is 2. The lowest BCUT2D eigenvalue weighted by atomic mass is 10.1. The van der Waals surface area contributed by atoms with E-state index in [-0.39, 0.29) is 24.4 Å². The first-order chi connectivity index (χ1) is 9.49. The Kier molecular flexibility index (Phi) is 4.39. The van der Waals surface area contributed by atoms with Gasteiger partial charge in [-0.2, -0.15) is 0 Å². The summed E-state index contributed by atoms with van der Waals surface area (Å²) in [6.45, 7) is 6.92. The first-order valence-corrected chi connectivity index (χ1v) is 6.90. The van der Waals surface area contributed by atoms with Crippen molar-refractivity contribution in [3.8, 4) is 0 Å². The number of amides is 2. The summed E-state index contributed by atoms with van der Waals surface area (Å²) in [5, 5.41) is 5.73. The SMILES string of the molecule is CC(C)NCc1ccccc1N1CC(=O)NC(=O)C1C. The van der Waals surface area contributed by atoms with Gasteiger partial charge in [0.05, 0.1) is 6.54 Å². The van der Waals surface area contributed by atoms with Gasteiger partial charge in [-0.05, 0) is 18.6 Å². The van der Waals surface area contributed by atoms with Gasteiger partial charge in [0.15, 0.2) is 0 Å². The van der Waals surface area contributed by atoms with Crippen molar-refractivity contribution >= 4 is 17.5 Å². The van der Waals surface area contributed by atoms with Gasteiger partial charge in [-0.1, -0.05) is 32.0 Å². The number of hydrogen-bond acceptors (Lipinski definition) is 4. The fourth-order valence-electron chi connectivity index (χ4n) is 2.26. The maximum atomic E-state index is 11.8. The Labute approximate surface area is 119 Å². The Hall–Kier alpha value is -1.88. The highest BCUT2D eigenvalue weighted by molar-refractivity contribution is 6.04. The first kappa shape index (κ1) is 14.5. The van der Waals surface area contributed by atoms with E-state index in [9.17, 15) is 9.59 Å². The molecule has 1 aliphatic heterocycles. The topological polar surface area (TPSA) is 61.4 Å². The average Bonchev–Trinajstić information content (AvgIpc) is 2.41. The van der Waals surface area contributed by atoms with Crippen molar-refractivity contribution in [2.45, 2.75) is 39.4 Å². The van der Waals surface area contributed by atoms with Crippen molar-refractivity contribution in [2.24, 2.45) is 0 Å². The highest BCUT2D eigenvalue weighted by Crippen LogP contribution is 2.24. The Morgan fingerprint density at radius 2 is 2.05 bits per heavy atom. The summed E-state index contributed by atoms with van der Waals surface area (Å²) in [7, 11) is 0. The highest BCUT2D eigenvalue weighted by Gasteiger charge is 2.31. The number of piperazine rings is 1. The van der Waals surface area contributed by atoms with Gasteiger partial charge in [0, 0.05) is 18.3 Å². The lowest BCUT2D eigenvalue weighted by Gasteiger charge is -2.35. The summed E-state index contributed by atoms with van der Waals surface area (Å²) >= 11 is 0. The zero-order valence-corrected chi connectivity index (χ0v) is 12.1. The molecule has 1 aromatic rings. The van der Waals surface area contributed by atoms with E-state index in [0.29, 0.717) is 12.6 Å². The number of benzene rings is 1. The largest absolute Gasteiger partial charge is 0.350 e. The third-order valence-electron chi connectivity index (χ3n) is 3.43. The van der Waals surface area contributed by atoms with Crippen LogP contribution in [0.5, 0.6) is 0 Å². The smallest absolute Gasteiger partial charge is 0.249 e. The fraction of sp³-hybridized carbons (Fsp3) is 0.467. The lowest BCUT2D eigenvalue weighted by Crippen LogP contribution is -2.57. The molecule has 1 aliphatic rings. The van der Waals surface area contributed by atoms with Crippen molar-refractivity contribution in [1.82, 2.24) is 10.6 Å². The molecule has 2 N–H and O–H groups in total. The van der Waals surface area contributed by atoms with Crippen molar-refractivity contribution in [1.29, 1.82) is 0 Å². The van der Waals surface area contributed by atoms with Crippen molar-refractivity contribution < 1.29 is 9.59 Å². The molecule has 0 aliphatic carbocycles. The molecule has 1 atom stereocenters. The van der Waals surface area contributed by atoms with E-state index in [4.69, 9.17) is 0 Å². The maximum Gasteiger partial charge on any atom is 0.249 e. The Morgan fingerprint density at radius 1 is 1.35 bits per heavy atom. The molecule has 108 valence electrons. The van der Waals surface area contributed by atoms with Gasteiger partial charge >= 0.3 is 0 Å². The van der Waals surface area contributed by atoms with E-state index in [2.05, 4.69) is 24.5 Å². The molecule has 1 aromatic carbocycles. The van der Waals surface area contributed by atoms with Crippen LogP contribution < -0.4 is 15.5 Å². The third-order valence-corrected chi connectivity index (χ3v) is 3.43. The van der Waals surface area contributed by atoms with Crippen LogP contribution in [0, 0.1) is 0 Å². The van der Waals surface area contributed by atoms with Crippen LogP contribution >= 0.6 is 0 Å². The summed E-state index contributed by atoms with van der Waals surface area (Å²) in [6, 6.07) is 7.92. The fourth-order valence-corrected chi connectivity index (χ4v) is 2.26. The molecule has 0 spiro atoms. The Morgan fingerprint density at radius 3 is 2.75 bits per heavy atom. The predicted molar refractivity (Wildman–Crippen MR) is 78.4 cm³/mol. The second-order valence-corrected chi connectivity index (χ2v) is 5.38. The van der Waals surface area contributed by atoms with Crippen molar-refractivity contribution in [3.63, 3.8) is 0 Å². The molecule has 1 saturated heterocycles. The molecule has 5 nitrogen and oxygen atoms in total. The second kappa shape index (κ2) is 6.05. The molecule has 0 aromatic heterocycles. The standard InChI is InChI=1S/C15H21N3O2/c1-10(2)16-8-12-6-4-5-7-13(12)18-9-14(19)17-15(20)11(18)3/h4-7,10-11,16H,8-9H2,1-3H3,(H,17,19,20). The number of carbonyl (C=O) groups excluding carboxylic acids is 2. The van der Waals surface area contributed by atoms with Gasteiger partial charge in [-0.15, -0.1) is 0 Å². The lowest BCUT2D eigenvalue weighted by molar-refractivity contribution is -0.132. The van der Waals surface area contributed by atoms with E-state index < -0.39 is 0 Å². The average molecular weight is 275 g/mol. The second-order valence-electron chi connectivity index (χ2n) is 5.38. The molecule has 20 heavy (non-hydrogen) atoms. The van der Waals surface area contributed by atoms with Crippen LogP contribution in [0.15, 0.2) is 24.3 Å². The monoisotopic (exact) mass is 275 g/mol. The minimum atomic E-state index is -0.340. The summed E-state index contributed by atoms with van der Waals surface area (Å²) < 4.78 is 0. The van der Waals surface area contributed by atoms with Crippen LogP contribution in [0.1, 0.15) is 26.3 Å². The van der Waals surface area contributed by atoms with Crippen molar-refractivity contribution in [2.75, 3.05) is 11.4 Å². The number of para-hydroxylation sites is 1. The van der Waals surface area contributed by atoms with E-state index in [1.165, 1.54) is 0 Å². The van der Waals surface area contributed by atoms with Gasteiger partial charge < -0.3 is 10.2 Å². The zero-order chi connectivity index (χ0) is 14.7. The van der Waals surface area contributed by atoms with Crippen LogP contribution in [-0.2, 0) is 16.1 Å². The molecule has 0 saturated carbocycles. The van der Waals surface area contributed by atoms with Crippen LogP contribution in [0.4, 0.5) is 5.69 Å². The number of rotatable bonds is 4. The molecular formula is C15H21N3O2. The molecule has 2 rings (SSSR count). The molecule has 5 heteroatoms. The van der Waals surface area contributed by atoms with Crippen LogP contribution in [0.2, 0.25) is 0 Å². The van der Waals surface area contributed by atoms with Crippen LogP contribution in [-0.4, -0.2) is 30.4 Å². The van der Waals surface area contributed by atoms with Crippen LogP contribution in [0.3, 0.4) is 0 Å². The van der Waals surface area contributed by atoms with E-state index in [0.717, 1.165) is 11.3 Å². The van der Waals surface area contributed by atoms with E-state index >= 15 is 0 Å². The Balaban J connectivity index is 2.26. The summed E-state index contributed by atoms with van der Waals surface area (Å²) in [5.41, 5.74) is 2.03. The van der Waals surface area contributed by atoms with Gasteiger partial charge in [-0.25, -0.2) is 0 Å². The molecule has 1 heterocycles. The minimum absolute atomic E-state index is 0.214. The first-order valence-electron chi connectivity index (χ1n) is 6.90. The highest BCUT2D eigenvalue weighted by atomic mass is 16.2. The molecule has 2 amide bonds. The normalized spacial score (nSPS) is 19.4. The number of carbonyl (C=O) groups is 2. The zero-order valence-electron chi connectivity index (χ0n) is 12.1. The number of imide groups is 1. The Bertz CT molecular complexity index is 514. The van der Waals surface area contributed by atoms with Gasteiger partial charge in [-0.3, -0.25) is 14.9 Å². The maximum absolute atomic E-state index is 11.8. The molecule has 0 radical (unpaired) electrons. The predicted octanol–water partition coefficient (Wildman–Crippen LogP) is 1.04. The molecular weight excluding hydrogens is 254 g/mol. The molecule has 1 fully saturated rings. The summed E-state index contributed by atoms with van der Waals surface area (Å²) in [4.78, 5) is 25.2. The van der Waals surface area contributed by atoms with Crippen LogP contribution in [0.25, 0.3) is 0 Å². The molecule has 0 bridgehead atoms. The third kappa shape index (κ3) is 3.17. The summed E-state index contributed by atoms with van der Waals surface area (Å²) in [6.07, 6.45) is 0. The number of anilines is 1. The molecule has 1 unspecified atom stereocenters. The van der Waals surface area contributed by atoms with Gasteiger partial charge in [0.2, 0.25) is 11.8 Å². The minimum Gasteiger partial charge on any atom is -0.350 e.